The second-order valence-electron chi connectivity index (χ2n) is 6.29. The zero-order valence-electron chi connectivity index (χ0n) is 13.0. The molecular formula is C16H27N3O2. The summed E-state index contributed by atoms with van der Waals surface area (Å²) in [6, 6.07) is 3.66. The first-order chi connectivity index (χ1) is 10.1. The minimum atomic E-state index is -0.198. The lowest BCUT2D eigenvalue weighted by atomic mass is 9.86. The van der Waals surface area contributed by atoms with Gasteiger partial charge in [0.05, 0.1) is 18.4 Å². The molecular weight excluding hydrogens is 266 g/mol. The van der Waals surface area contributed by atoms with Crippen LogP contribution in [-0.2, 0) is 0 Å². The summed E-state index contributed by atoms with van der Waals surface area (Å²) in [5, 5.41) is 13.3. The van der Waals surface area contributed by atoms with Crippen LogP contribution in [0.3, 0.4) is 0 Å². The highest BCUT2D eigenvalue weighted by atomic mass is 16.5. The molecule has 0 bridgehead atoms. The van der Waals surface area contributed by atoms with E-state index in [0.717, 1.165) is 31.6 Å². The first-order valence-corrected chi connectivity index (χ1v) is 7.87. The summed E-state index contributed by atoms with van der Waals surface area (Å²) in [4.78, 5) is 4.41. The third-order valence-electron chi connectivity index (χ3n) is 3.86. The number of aliphatic hydroxyl groups is 1. The average molecular weight is 293 g/mol. The molecule has 0 saturated heterocycles. The minimum absolute atomic E-state index is 0.198. The fourth-order valence-corrected chi connectivity index (χ4v) is 2.57. The predicted octanol–water partition coefficient (Wildman–Crippen LogP) is 2.66. The van der Waals surface area contributed by atoms with Gasteiger partial charge in [0.2, 0.25) is 5.88 Å². The van der Waals surface area contributed by atoms with E-state index < -0.39 is 0 Å². The number of nitrogens with two attached hydrogens (primary N) is 1. The van der Waals surface area contributed by atoms with Gasteiger partial charge in [-0.25, -0.2) is 0 Å². The van der Waals surface area contributed by atoms with E-state index in [4.69, 9.17) is 10.5 Å². The van der Waals surface area contributed by atoms with Crippen molar-refractivity contribution in [2.24, 2.45) is 11.8 Å². The lowest BCUT2D eigenvalue weighted by Crippen LogP contribution is -2.30. The van der Waals surface area contributed by atoms with Gasteiger partial charge in [-0.05, 0) is 30.9 Å². The molecule has 2 rings (SSSR count). The molecule has 21 heavy (non-hydrogen) atoms. The third kappa shape index (κ3) is 4.77. The van der Waals surface area contributed by atoms with E-state index in [1.807, 2.05) is 12.1 Å². The van der Waals surface area contributed by atoms with Gasteiger partial charge in [0.15, 0.2) is 0 Å². The third-order valence-corrected chi connectivity index (χ3v) is 3.86. The van der Waals surface area contributed by atoms with Crippen molar-refractivity contribution in [1.82, 2.24) is 4.98 Å². The quantitative estimate of drug-likeness (QED) is 0.751. The summed E-state index contributed by atoms with van der Waals surface area (Å²) < 4.78 is 5.63. The van der Waals surface area contributed by atoms with Crippen molar-refractivity contribution in [2.75, 3.05) is 24.2 Å². The van der Waals surface area contributed by atoms with E-state index in [9.17, 15) is 5.11 Å². The Bertz CT molecular complexity index is 451. The molecule has 1 aromatic heterocycles. The average Bonchev–Trinajstić information content (AvgIpc) is 2.46. The van der Waals surface area contributed by atoms with Crippen molar-refractivity contribution in [3.63, 3.8) is 0 Å². The molecule has 1 aliphatic rings. The highest BCUT2D eigenvalue weighted by Crippen LogP contribution is 2.26. The van der Waals surface area contributed by atoms with E-state index in [0.29, 0.717) is 30.0 Å². The summed E-state index contributed by atoms with van der Waals surface area (Å²) in [5.41, 5.74) is 6.44. The van der Waals surface area contributed by atoms with Crippen molar-refractivity contribution in [2.45, 2.75) is 45.6 Å². The van der Waals surface area contributed by atoms with Crippen molar-refractivity contribution in [3.8, 4) is 5.88 Å². The fraction of sp³-hybridized carbons (Fsp3) is 0.688. The standard InChI is InChI=1S/C16H27N3O2/c1-11(2)10-21-16-13(17)7-8-15(19-16)18-9-12-5-3-4-6-14(12)20/h7-8,11-12,14,20H,3-6,9-10,17H2,1-2H3,(H,18,19). The zero-order chi connectivity index (χ0) is 15.2. The van der Waals surface area contributed by atoms with E-state index >= 15 is 0 Å². The van der Waals surface area contributed by atoms with Crippen LogP contribution in [-0.4, -0.2) is 29.3 Å². The molecule has 0 amide bonds. The number of nitrogen functional groups attached to an aromatic ring is 1. The number of hydrogen-bond donors (Lipinski definition) is 3. The Morgan fingerprint density at radius 3 is 2.86 bits per heavy atom. The molecule has 4 N–H and O–H groups in total. The lowest BCUT2D eigenvalue weighted by Gasteiger charge is -2.27. The molecule has 2 atom stereocenters. The van der Waals surface area contributed by atoms with Crippen molar-refractivity contribution >= 4 is 11.5 Å². The number of nitrogens with zero attached hydrogens (tertiary/aromatic N) is 1. The van der Waals surface area contributed by atoms with Crippen molar-refractivity contribution in [3.05, 3.63) is 12.1 Å². The zero-order valence-corrected chi connectivity index (χ0v) is 13.0. The SMILES string of the molecule is CC(C)COc1nc(NCC2CCCCC2O)ccc1N. The van der Waals surface area contributed by atoms with Gasteiger partial charge in [0.1, 0.15) is 5.82 Å². The summed E-state index contributed by atoms with van der Waals surface area (Å²) >= 11 is 0. The van der Waals surface area contributed by atoms with Crippen LogP contribution in [0.2, 0.25) is 0 Å². The van der Waals surface area contributed by atoms with Crippen molar-refractivity contribution in [1.29, 1.82) is 0 Å². The maximum Gasteiger partial charge on any atom is 0.239 e. The molecule has 5 nitrogen and oxygen atoms in total. The molecule has 1 heterocycles. The number of aromatic nitrogens is 1. The molecule has 1 fully saturated rings. The van der Waals surface area contributed by atoms with Crippen LogP contribution in [0, 0.1) is 11.8 Å². The van der Waals surface area contributed by atoms with Crippen LogP contribution in [0.4, 0.5) is 11.5 Å². The Labute approximate surface area is 126 Å². The van der Waals surface area contributed by atoms with Crippen LogP contribution in [0.1, 0.15) is 39.5 Å². The maximum absolute atomic E-state index is 9.99. The number of rotatable bonds is 6. The summed E-state index contributed by atoms with van der Waals surface area (Å²) in [7, 11) is 0. The number of anilines is 2. The van der Waals surface area contributed by atoms with Gasteiger partial charge in [0, 0.05) is 12.5 Å². The highest BCUT2D eigenvalue weighted by Gasteiger charge is 2.22. The Morgan fingerprint density at radius 1 is 1.38 bits per heavy atom. The smallest absolute Gasteiger partial charge is 0.239 e. The van der Waals surface area contributed by atoms with Gasteiger partial charge in [-0.1, -0.05) is 26.7 Å². The van der Waals surface area contributed by atoms with Gasteiger partial charge < -0.3 is 20.9 Å². The predicted molar refractivity (Wildman–Crippen MR) is 85.4 cm³/mol. The lowest BCUT2D eigenvalue weighted by molar-refractivity contribution is 0.0763. The second-order valence-corrected chi connectivity index (χ2v) is 6.29. The van der Waals surface area contributed by atoms with Crippen LogP contribution >= 0.6 is 0 Å². The number of ether oxygens (including phenoxy) is 1. The van der Waals surface area contributed by atoms with Crippen LogP contribution in [0.25, 0.3) is 0 Å². The maximum atomic E-state index is 9.99. The van der Waals surface area contributed by atoms with Gasteiger partial charge in [0.25, 0.3) is 0 Å². The van der Waals surface area contributed by atoms with Crippen LogP contribution < -0.4 is 15.8 Å². The molecule has 118 valence electrons. The number of aliphatic hydroxyl groups excluding tert-OH is 1. The molecule has 5 heteroatoms. The minimum Gasteiger partial charge on any atom is -0.476 e. The van der Waals surface area contributed by atoms with Crippen LogP contribution in [0.15, 0.2) is 12.1 Å². The molecule has 2 unspecified atom stereocenters. The van der Waals surface area contributed by atoms with Crippen molar-refractivity contribution < 1.29 is 9.84 Å². The number of pyridine rings is 1. The molecule has 1 aromatic rings. The normalized spacial score (nSPS) is 22.3. The largest absolute Gasteiger partial charge is 0.476 e. The van der Waals surface area contributed by atoms with Gasteiger partial charge in [-0.3, -0.25) is 0 Å². The Balaban J connectivity index is 1.92. The molecule has 0 aromatic carbocycles. The molecule has 0 spiro atoms. The van der Waals surface area contributed by atoms with E-state index in [-0.39, 0.29) is 6.10 Å². The van der Waals surface area contributed by atoms with Gasteiger partial charge >= 0.3 is 0 Å². The monoisotopic (exact) mass is 293 g/mol. The fourth-order valence-electron chi connectivity index (χ4n) is 2.57. The molecule has 0 aliphatic heterocycles. The summed E-state index contributed by atoms with van der Waals surface area (Å²) in [6.07, 6.45) is 4.10. The Morgan fingerprint density at radius 2 is 2.14 bits per heavy atom. The van der Waals surface area contributed by atoms with Gasteiger partial charge in [-0.15, -0.1) is 0 Å². The highest BCUT2D eigenvalue weighted by molar-refractivity contribution is 5.53. The number of hydrogen-bond acceptors (Lipinski definition) is 5. The Hall–Kier alpha value is -1.49. The first kappa shape index (κ1) is 15.9. The number of nitrogens with one attached hydrogen (secondary N) is 1. The van der Waals surface area contributed by atoms with E-state index in [1.165, 1.54) is 6.42 Å². The first-order valence-electron chi connectivity index (χ1n) is 7.87. The molecule has 1 aliphatic carbocycles. The topological polar surface area (TPSA) is 80.4 Å². The summed E-state index contributed by atoms with van der Waals surface area (Å²) in [5.74, 6) is 1.97. The van der Waals surface area contributed by atoms with E-state index in [1.54, 1.807) is 0 Å². The van der Waals surface area contributed by atoms with Gasteiger partial charge in [-0.2, -0.15) is 4.98 Å². The molecule has 0 radical (unpaired) electrons. The van der Waals surface area contributed by atoms with Crippen LogP contribution in [0.5, 0.6) is 5.88 Å². The summed E-state index contributed by atoms with van der Waals surface area (Å²) in [6.45, 7) is 5.51. The van der Waals surface area contributed by atoms with E-state index in [2.05, 4.69) is 24.1 Å². The molecule has 1 saturated carbocycles. The Kier molecular flexibility index (Phi) is 5.67. The second kappa shape index (κ2) is 7.50.